The lowest BCUT2D eigenvalue weighted by Crippen LogP contribution is -2.30. The van der Waals surface area contributed by atoms with E-state index in [4.69, 9.17) is 0 Å². The van der Waals surface area contributed by atoms with Crippen molar-refractivity contribution in [1.82, 2.24) is 20.2 Å². The van der Waals surface area contributed by atoms with Crippen molar-refractivity contribution in [2.24, 2.45) is 5.92 Å². The lowest BCUT2D eigenvalue weighted by atomic mass is 10.1. The van der Waals surface area contributed by atoms with Gasteiger partial charge in [0.05, 0.1) is 0 Å². The maximum Gasteiger partial charge on any atom is 0.269 e. The van der Waals surface area contributed by atoms with E-state index in [-0.39, 0.29) is 15.4 Å². The lowest BCUT2D eigenvalue weighted by molar-refractivity contribution is -0.114. The first-order valence-electron chi connectivity index (χ1n) is 5.79. The van der Waals surface area contributed by atoms with Crippen LogP contribution in [0.5, 0.6) is 0 Å². The summed E-state index contributed by atoms with van der Waals surface area (Å²) >= 11 is 0.830. The highest BCUT2D eigenvalue weighted by atomic mass is 32.2. The Bertz CT molecular complexity index is 550. The summed E-state index contributed by atoms with van der Waals surface area (Å²) in [6, 6.07) is 0. The minimum Gasteiger partial charge on any atom is -0.316 e. The van der Waals surface area contributed by atoms with Crippen LogP contribution in [-0.2, 0) is 14.8 Å². The van der Waals surface area contributed by atoms with Gasteiger partial charge in [-0.2, -0.15) is 0 Å². The zero-order valence-corrected chi connectivity index (χ0v) is 12.0. The van der Waals surface area contributed by atoms with E-state index in [0.29, 0.717) is 12.5 Å². The predicted octanol–water partition coefficient (Wildman–Crippen LogP) is -0.616. The van der Waals surface area contributed by atoms with Gasteiger partial charge in [-0.3, -0.25) is 4.79 Å². The molecule has 1 aromatic rings. The standard InChI is InChI=1S/C9H15N5O3S2/c1-6(15)12-8-13-14-9(18-8)19(16,17)11-5-7-2-3-10-4-7/h7,10-11H,2-5H2,1H3,(H,12,13,15). The third-order valence-corrected chi connectivity index (χ3v) is 5.27. The molecule has 1 unspecified atom stereocenters. The summed E-state index contributed by atoms with van der Waals surface area (Å²) in [5, 5.41) is 12.9. The van der Waals surface area contributed by atoms with E-state index >= 15 is 0 Å². The monoisotopic (exact) mass is 305 g/mol. The number of hydrogen-bond donors (Lipinski definition) is 3. The normalized spacial score (nSPS) is 19.5. The Kier molecular flexibility index (Phi) is 4.45. The molecule has 1 atom stereocenters. The number of anilines is 1. The molecule has 0 aliphatic carbocycles. The van der Waals surface area contributed by atoms with Crippen molar-refractivity contribution < 1.29 is 13.2 Å². The number of carbonyl (C=O) groups excluding carboxylic acids is 1. The molecule has 2 rings (SSSR count). The molecule has 1 aromatic heterocycles. The smallest absolute Gasteiger partial charge is 0.269 e. The van der Waals surface area contributed by atoms with Gasteiger partial charge in [0.2, 0.25) is 15.4 Å². The highest BCUT2D eigenvalue weighted by molar-refractivity contribution is 7.91. The molecule has 3 N–H and O–H groups in total. The van der Waals surface area contributed by atoms with Crippen LogP contribution in [-0.4, -0.2) is 44.2 Å². The summed E-state index contributed by atoms with van der Waals surface area (Å²) < 4.78 is 26.3. The molecule has 0 spiro atoms. The van der Waals surface area contributed by atoms with E-state index in [0.717, 1.165) is 30.8 Å². The van der Waals surface area contributed by atoms with Gasteiger partial charge in [-0.1, -0.05) is 11.3 Å². The lowest BCUT2D eigenvalue weighted by Gasteiger charge is -2.08. The Labute approximate surface area is 115 Å². The second-order valence-electron chi connectivity index (χ2n) is 4.27. The van der Waals surface area contributed by atoms with Crippen molar-refractivity contribution in [2.75, 3.05) is 25.0 Å². The van der Waals surface area contributed by atoms with Gasteiger partial charge in [-0.15, -0.1) is 10.2 Å². The van der Waals surface area contributed by atoms with Gasteiger partial charge in [-0.05, 0) is 25.4 Å². The van der Waals surface area contributed by atoms with Crippen LogP contribution in [0.25, 0.3) is 0 Å². The van der Waals surface area contributed by atoms with Crippen LogP contribution < -0.4 is 15.4 Å². The number of amides is 1. The van der Waals surface area contributed by atoms with Crippen LogP contribution in [0, 0.1) is 5.92 Å². The van der Waals surface area contributed by atoms with E-state index in [9.17, 15) is 13.2 Å². The molecule has 10 heteroatoms. The van der Waals surface area contributed by atoms with E-state index in [2.05, 4.69) is 25.6 Å². The predicted molar refractivity (Wildman–Crippen MR) is 70.4 cm³/mol. The van der Waals surface area contributed by atoms with Crippen LogP contribution in [0.2, 0.25) is 0 Å². The number of nitrogens with one attached hydrogen (secondary N) is 3. The maximum atomic E-state index is 12.0. The zero-order valence-electron chi connectivity index (χ0n) is 10.3. The Morgan fingerprint density at radius 2 is 2.32 bits per heavy atom. The van der Waals surface area contributed by atoms with Gasteiger partial charge in [0.25, 0.3) is 10.0 Å². The van der Waals surface area contributed by atoms with E-state index in [1.54, 1.807) is 0 Å². The SMILES string of the molecule is CC(=O)Nc1nnc(S(=O)(=O)NCC2CCNC2)s1. The molecule has 1 fully saturated rings. The number of aromatic nitrogens is 2. The first kappa shape index (κ1) is 14.3. The van der Waals surface area contributed by atoms with Gasteiger partial charge in [0.1, 0.15) is 0 Å². The molecule has 1 aliphatic rings. The van der Waals surface area contributed by atoms with Crippen LogP contribution in [0.3, 0.4) is 0 Å². The minimum atomic E-state index is -3.65. The van der Waals surface area contributed by atoms with Gasteiger partial charge in [-0.25, -0.2) is 13.1 Å². The molecule has 1 aliphatic heterocycles. The summed E-state index contributed by atoms with van der Waals surface area (Å²) in [6.45, 7) is 3.43. The van der Waals surface area contributed by atoms with Crippen molar-refractivity contribution in [3.8, 4) is 0 Å². The summed E-state index contributed by atoms with van der Waals surface area (Å²) in [5.74, 6) is -0.0115. The van der Waals surface area contributed by atoms with Crippen LogP contribution in [0.4, 0.5) is 5.13 Å². The van der Waals surface area contributed by atoms with Crippen molar-refractivity contribution >= 4 is 32.4 Å². The highest BCUT2D eigenvalue weighted by Gasteiger charge is 2.23. The largest absolute Gasteiger partial charge is 0.316 e. The van der Waals surface area contributed by atoms with Crippen LogP contribution >= 0.6 is 11.3 Å². The van der Waals surface area contributed by atoms with Gasteiger partial charge in [0.15, 0.2) is 0 Å². The summed E-state index contributed by atoms with van der Waals surface area (Å²) in [4.78, 5) is 10.8. The molecule has 0 aromatic carbocycles. The third-order valence-electron chi connectivity index (χ3n) is 2.64. The fourth-order valence-corrected chi connectivity index (χ4v) is 3.80. The number of carbonyl (C=O) groups is 1. The average molecular weight is 305 g/mol. The molecular formula is C9H15N5O3S2. The highest BCUT2D eigenvalue weighted by Crippen LogP contribution is 2.19. The second kappa shape index (κ2) is 5.90. The molecule has 1 saturated heterocycles. The number of hydrogen-bond acceptors (Lipinski definition) is 7. The molecule has 19 heavy (non-hydrogen) atoms. The van der Waals surface area contributed by atoms with Crippen molar-refractivity contribution in [1.29, 1.82) is 0 Å². The molecule has 106 valence electrons. The number of rotatable bonds is 5. The van der Waals surface area contributed by atoms with Crippen LogP contribution in [0.15, 0.2) is 4.34 Å². The summed E-state index contributed by atoms with van der Waals surface area (Å²) in [5.41, 5.74) is 0. The summed E-state index contributed by atoms with van der Waals surface area (Å²) in [6.07, 6.45) is 0.954. The van der Waals surface area contributed by atoms with Crippen molar-refractivity contribution in [2.45, 2.75) is 17.7 Å². The number of nitrogens with zero attached hydrogens (tertiary/aromatic N) is 2. The Hall–Kier alpha value is -1.10. The average Bonchev–Trinajstić information content (AvgIpc) is 2.96. The van der Waals surface area contributed by atoms with Crippen molar-refractivity contribution in [3.63, 3.8) is 0 Å². The Balaban J connectivity index is 1.98. The fraction of sp³-hybridized carbons (Fsp3) is 0.667. The molecular weight excluding hydrogens is 290 g/mol. The Morgan fingerprint density at radius 3 is 2.95 bits per heavy atom. The maximum absolute atomic E-state index is 12.0. The van der Waals surface area contributed by atoms with Crippen molar-refractivity contribution in [3.05, 3.63) is 0 Å². The summed E-state index contributed by atoms with van der Waals surface area (Å²) in [7, 11) is -3.65. The minimum absolute atomic E-state index is 0.137. The number of sulfonamides is 1. The van der Waals surface area contributed by atoms with E-state index in [1.165, 1.54) is 6.92 Å². The zero-order chi connectivity index (χ0) is 13.9. The molecule has 8 nitrogen and oxygen atoms in total. The topological polar surface area (TPSA) is 113 Å². The molecule has 1 amide bonds. The molecule has 0 radical (unpaired) electrons. The van der Waals surface area contributed by atoms with E-state index in [1.807, 2.05) is 0 Å². The van der Waals surface area contributed by atoms with Gasteiger partial charge in [0, 0.05) is 13.5 Å². The molecule has 2 heterocycles. The van der Waals surface area contributed by atoms with Gasteiger partial charge >= 0.3 is 0 Å². The molecule has 0 bridgehead atoms. The second-order valence-corrected chi connectivity index (χ2v) is 7.18. The molecule has 0 saturated carbocycles. The quantitative estimate of drug-likeness (QED) is 0.625. The third kappa shape index (κ3) is 3.93. The fourth-order valence-electron chi connectivity index (χ4n) is 1.70. The van der Waals surface area contributed by atoms with Crippen LogP contribution in [0.1, 0.15) is 13.3 Å². The van der Waals surface area contributed by atoms with Gasteiger partial charge < -0.3 is 10.6 Å². The van der Waals surface area contributed by atoms with E-state index < -0.39 is 10.0 Å². The Morgan fingerprint density at radius 1 is 1.53 bits per heavy atom. The first-order chi connectivity index (χ1) is 8.97. The first-order valence-corrected chi connectivity index (χ1v) is 8.09.